The lowest BCUT2D eigenvalue weighted by atomic mass is 10.1. The largest absolute Gasteiger partial charge is 0.392 e. The number of rotatable bonds is 6. The molecule has 2 amide bonds. The van der Waals surface area contributed by atoms with Gasteiger partial charge in [0.1, 0.15) is 0 Å². The average molecular weight is 353 g/mol. The molecular formula is C21H27N3O2. The third-order valence-corrected chi connectivity index (χ3v) is 4.98. The molecule has 1 saturated heterocycles. The van der Waals surface area contributed by atoms with Crippen LogP contribution >= 0.6 is 0 Å². The van der Waals surface area contributed by atoms with Crippen molar-refractivity contribution < 1.29 is 9.90 Å². The molecule has 1 heterocycles. The van der Waals surface area contributed by atoms with Crippen molar-refractivity contribution >= 4 is 6.03 Å². The Morgan fingerprint density at radius 3 is 2.65 bits per heavy atom. The first kappa shape index (κ1) is 18.4. The molecule has 2 aromatic rings. The molecule has 2 N–H and O–H groups in total. The number of nitrogens with zero attached hydrogens (tertiary/aromatic N) is 2. The highest BCUT2D eigenvalue weighted by molar-refractivity contribution is 5.74. The molecule has 5 heteroatoms. The molecule has 0 saturated carbocycles. The number of aliphatic hydroxyl groups is 1. The van der Waals surface area contributed by atoms with Crippen LogP contribution in [0.1, 0.15) is 23.1 Å². The molecule has 138 valence electrons. The minimum Gasteiger partial charge on any atom is -0.392 e. The van der Waals surface area contributed by atoms with Crippen LogP contribution in [0.3, 0.4) is 0 Å². The van der Waals surface area contributed by atoms with Crippen LogP contribution in [0.4, 0.5) is 4.79 Å². The van der Waals surface area contributed by atoms with Gasteiger partial charge in [0, 0.05) is 39.3 Å². The summed E-state index contributed by atoms with van der Waals surface area (Å²) in [5, 5.41) is 12.2. The van der Waals surface area contributed by atoms with Crippen molar-refractivity contribution in [3.63, 3.8) is 0 Å². The molecule has 3 rings (SSSR count). The van der Waals surface area contributed by atoms with E-state index >= 15 is 0 Å². The van der Waals surface area contributed by atoms with Crippen LogP contribution in [0.15, 0.2) is 54.6 Å². The summed E-state index contributed by atoms with van der Waals surface area (Å²) >= 11 is 0. The molecule has 2 aromatic carbocycles. The van der Waals surface area contributed by atoms with E-state index in [1.54, 1.807) is 0 Å². The van der Waals surface area contributed by atoms with Crippen molar-refractivity contribution in [3.8, 4) is 0 Å². The Morgan fingerprint density at radius 1 is 1.15 bits per heavy atom. The van der Waals surface area contributed by atoms with Crippen LogP contribution in [0.25, 0.3) is 0 Å². The van der Waals surface area contributed by atoms with E-state index in [4.69, 9.17) is 0 Å². The Hall–Kier alpha value is -2.37. The number of amides is 2. The van der Waals surface area contributed by atoms with Crippen LogP contribution in [-0.2, 0) is 19.7 Å². The van der Waals surface area contributed by atoms with Gasteiger partial charge in [0.2, 0.25) is 0 Å². The standard InChI is InChI=1S/C21H27N3O2/c1-23(21(26)22-13-18-8-5-9-19(12-18)16-25)20-10-11-24(15-20)14-17-6-3-2-4-7-17/h2-9,12,20,25H,10-11,13-16H2,1H3,(H,22,26)/t20-/m0/s1. The zero-order valence-electron chi connectivity index (χ0n) is 15.3. The molecule has 0 spiro atoms. The van der Waals surface area contributed by atoms with Gasteiger partial charge < -0.3 is 15.3 Å². The predicted molar refractivity (Wildman–Crippen MR) is 102 cm³/mol. The average Bonchev–Trinajstić information content (AvgIpc) is 3.15. The molecule has 5 nitrogen and oxygen atoms in total. The van der Waals surface area contributed by atoms with Crippen molar-refractivity contribution in [1.82, 2.24) is 15.1 Å². The van der Waals surface area contributed by atoms with E-state index < -0.39 is 0 Å². The molecule has 0 aromatic heterocycles. The number of urea groups is 1. The van der Waals surface area contributed by atoms with Crippen molar-refractivity contribution in [2.45, 2.75) is 32.2 Å². The zero-order valence-corrected chi connectivity index (χ0v) is 15.3. The number of hydrogen-bond acceptors (Lipinski definition) is 3. The number of carbonyl (C=O) groups is 1. The monoisotopic (exact) mass is 353 g/mol. The smallest absolute Gasteiger partial charge is 0.317 e. The number of carbonyl (C=O) groups excluding carboxylic acids is 1. The third-order valence-electron chi connectivity index (χ3n) is 4.98. The fourth-order valence-electron chi connectivity index (χ4n) is 3.42. The second-order valence-electron chi connectivity index (χ2n) is 6.91. The lowest BCUT2D eigenvalue weighted by Gasteiger charge is -2.25. The lowest BCUT2D eigenvalue weighted by molar-refractivity contribution is 0.188. The van der Waals surface area contributed by atoms with E-state index in [0.29, 0.717) is 6.54 Å². The SMILES string of the molecule is CN(C(=O)NCc1cccc(CO)c1)[C@H]1CCN(Cc2ccccc2)C1. The van der Waals surface area contributed by atoms with Crippen LogP contribution in [-0.4, -0.2) is 47.1 Å². The summed E-state index contributed by atoms with van der Waals surface area (Å²) in [7, 11) is 1.87. The van der Waals surface area contributed by atoms with Gasteiger partial charge in [-0.25, -0.2) is 4.79 Å². The number of benzene rings is 2. The van der Waals surface area contributed by atoms with E-state index in [1.807, 2.05) is 42.3 Å². The molecule has 0 radical (unpaired) electrons. The van der Waals surface area contributed by atoms with Crippen LogP contribution < -0.4 is 5.32 Å². The van der Waals surface area contributed by atoms with Gasteiger partial charge in [-0.1, -0.05) is 54.6 Å². The topological polar surface area (TPSA) is 55.8 Å². The fraction of sp³-hybridized carbons (Fsp3) is 0.381. The van der Waals surface area contributed by atoms with Gasteiger partial charge in [-0.3, -0.25) is 4.90 Å². The Morgan fingerprint density at radius 2 is 1.88 bits per heavy atom. The predicted octanol–water partition coefficient (Wildman–Crippen LogP) is 2.59. The third kappa shape index (κ3) is 4.84. The van der Waals surface area contributed by atoms with Crippen LogP contribution in [0.5, 0.6) is 0 Å². The Balaban J connectivity index is 1.47. The number of likely N-dealkylation sites (N-methyl/N-ethyl adjacent to an activating group) is 1. The Labute approximate surface area is 155 Å². The number of likely N-dealkylation sites (tertiary alicyclic amines) is 1. The van der Waals surface area contributed by atoms with Crippen LogP contribution in [0, 0.1) is 0 Å². The Bertz CT molecular complexity index is 720. The molecule has 1 fully saturated rings. The normalized spacial score (nSPS) is 17.2. The molecule has 1 aliphatic rings. The first-order valence-electron chi connectivity index (χ1n) is 9.11. The van der Waals surface area contributed by atoms with E-state index in [0.717, 1.165) is 37.2 Å². The summed E-state index contributed by atoms with van der Waals surface area (Å²) in [6.07, 6.45) is 0.997. The van der Waals surface area contributed by atoms with Gasteiger partial charge >= 0.3 is 6.03 Å². The molecule has 0 bridgehead atoms. The highest BCUT2D eigenvalue weighted by Crippen LogP contribution is 2.17. The van der Waals surface area contributed by atoms with E-state index in [1.165, 1.54) is 5.56 Å². The van der Waals surface area contributed by atoms with Gasteiger partial charge in [-0.15, -0.1) is 0 Å². The highest BCUT2D eigenvalue weighted by Gasteiger charge is 2.28. The maximum atomic E-state index is 12.5. The van der Waals surface area contributed by atoms with Gasteiger partial charge in [0.25, 0.3) is 0 Å². The fourth-order valence-corrected chi connectivity index (χ4v) is 3.42. The minimum atomic E-state index is -0.0500. The summed E-state index contributed by atoms with van der Waals surface area (Å²) in [5.74, 6) is 0. The molecule has 0 aliphatic carbocycles. The summed E-state index contributed by atoms with van der Waals surface area (Å²) in [6, 6.07) is 18.3. The summed E-state index contributed by atoms with van der Waals surface area (Å²) in [4.78, 5) is 16.7. The van der Waals surface area contributed by atoms with E-state index in [9.17, 15) is 9.90 Å². The summed E-state index contributed by atoms with van der Waals surface area (Å²) in [5.41, 5.74) is 3.16. The summed E-state index contributed by atoms with van der Waals surface area (Å²) < 4.78 is 0. The molecule has 26 heavy (non-hydrogen) atoms. The maximum absolute atomic E-state index is 12.5. The van der Waals surface area contributed by atoms with E-state index in [2.05, 4.69) is 34.5 Å². The Kier molecular flexibility index (Phi) is 6.26. The molecule has 0 unspecified atom stereocenters. The summed E-state index contributed by atoms with van der Waals surface area (Å²) in [6.45, 7) is 3.33. The van der Waals surface area contributed by atoms with Gasteiger partial charge in [-0.2, -0.15) is 0 Å². The molecular weight excluding hydrogens is 326 g/mol. The second kappa shape index (κ2) is 8.83. The number of nitrogens with one attached hydrogen (secondary N) is 1. The van der Waals surface area contributed by atoms with E-state index in [-0.39, 0.29) is 18.7 Å². The molecule has 1 aliphatic heterocycles. The van der Waals surface area contributed by atoms with Crippen LogP contribution in [0.2, 0.25) is 0 Å². The van der Waals surface area contributed by atoms with Crippen molar-refractivity contribution in [2.75, 3.05) is 20.1 Å². The van der Waals surface area contributed by atoms with Gasteiger partial charge in [0.05, 0.1) is 6.61 Å². The van der Waals surface area contributed by atoms with Gasteiger partial charge in [0.15, 0.2) is 0 Å². The molecule has 1 atom stereocenters. The van der Waals surface area contributed by atoms with Gasteiger partial charge in [-0.05, 0) is 23.1 Å². The van der Waals surface area contributed by atoms with Crippen molar-refractivity contribution in [2.24, 2.45) is 0 Å². The zero-order chi connectivity index (χ0) is 18.4. The lowest BCUT2D eigenvalue weighted by Crippen LogP contribution is -2.44. The minimum absolute atomic E-state index is 0.0149. The first-order chi connectivity index (χ1) is 12.7. The number of aliphatic hydroxyl groups excluding tert-OH is 1. The highest BCUT2D eigenvalue weighted by atomic mass is 16.3. The first-order valence-corrected chi connectivity index (χ1v) is 9.11. The quantitative estimate of drug-likeness (QED) is 0.839. The van der Waals surface area contributed by atoms with Crippen molar-refractivity contribution in [3.05, 3.63) is 71.3 Å². The number of hydrogen-bond donors (Lipinski definition) is 2. The second-order valence-corrected chi connectivity index (χ2v) is 6.91. The van der Waals surface area contributed by atoms with Crippen molar-refractivity contribution in [1.29, 1.82) is 0 Å². The maximum Gasteiger partial charge on any atom is 0.317 e.